The lowest BCUT2D eigenvalue weighted by Crippen LogP contribution is -2.32. The average molecular weight is 342 g/mol. The van der Waals surface area contributed by atoms with E-state index in [9.17, 15) is 9.18 Å². The van der Waals surface area contributed by atoms with Gasteiger partial charge in [-0.3, -0.25) is 4.79 Å². The second kappa shape index (κ2) is 6.46. The summed E-state index contributed by atoms with van der Waals surface area (Å²) in [6.07, 6.45) is 2.75. The molecule has 0 bridgehead atoms. The summed E-state index contributed by atoms with van der Waals surface area (Å²) < 4.78 is 23.6. The van der Waals surface area contributed by atoms with E-state index in [4.69, 9.17) is 9.26 Å². The van der Waals surface area contributed by atoms with E-state index >= 15 is 0 Å². The van der Waals surface area contributed by atoms with E-state index in [1.165, 1.54) is 0 Å². The summed E-state index contributed by atoms with van der Waals surface area (Å²) in [5.74, 6) is -0.555. The number of amides is 1. The molecule has 0 spiro atoms. The monoisotopic (exact) mass is 342 g/mol. The number of halogens is 1. The molecule has 0 aliphatic carbocycles. The Hall–Kier alpha value is -3.03. The Kier molecular flexibility index (Phi) is 4.01. The highest BCUT2D eigenvalue weighted by Gasteiger charge is 2.29. The standard InChI is InChI=1S/C17H15FN4O3/c18-11-8-19-17(20-9-11)24-12-5-6-22(10-12)16(23)7-14-13-3-1-2-4-15(13)25-21-14/h1-4,8-9,12H,5-7,10H2. The molecule has 8 heteroatoms. The summed E-state index contributed by atoms with van der Waals surface area (Å²) in [7, 11) is 0. The van der Waals surface area contributed by atoms with Crippen LogP contribution in [0, 0.1) is 5.82 Å². The van der Waals surface area contributed by atoms with Gasteiger partial charge >= 0.3 is 6.01 Å². The summed E-state index contributed by atoms with van der Waals surface area (Å²) in [4.78, 5) is 21.8. The van der Waals surface area contributed by atoms with Crippen LogP contribution in [0.25, 0.3) is 11.0 Å². The van der Waals surface area contributed by atoms with E-state index in [0.29, 0.717) is 30.8 Å². The molecular weight excluding hydrogens is 327 g/mol. The quantitative estimate of drug-likeness (QED) is 0.721. The number of benzene rings is 1. The normalized spacial score (nSPS) is 17.2. The van der Waals surface area contributed by atoms with Gasteiger partial charge in [-0.1, -0.05) is 17.3 Å². The Balaban J connectivity index is 1.38. The zero-order valence-corrected chi connectivity index (χ0v) is 13.3. The third-order valence-corrected chi connectivity index (χ3v) is 4.14. The van der Waals surface area contributed by atoms with Crippen LogP contribution in [0.4, 0.5) is 4.39 Å². The van der Waals surface area contributed by atoms with Crippen LogP contribution in [0.5, 0.6) is 6.01 Å². The summed E-state index contributed by atoms with van der Waals surface area (Å²) in [6.45, 7) is 1.02. The molecule has 3 aromatic rings. The van der Waals surface area contributed by atoms with E-state index in [1.54, 1.807) is 4.90 Å². The highest BCUT2D eigenvalue weighted by Crippen LogP contribution is 2.20. The van der Waals surface area contributed by atoms with E-state index in [1.807, 2.05) is 24.3 Å². The molecule has 1 aliphatic rings. The smallest absolute Gasteiger partial charge is 0.316 e. The molecule has 1 unspecified atom stereocenters. The molecule has 7 nitrogen and oxygen atoms in total. The van der Waals surface area contributed by atoms with E-state index in [-0.39, 0.29) is 24.4 Å². The zero-order valence-electron chi connectivity index (χ0n) is 13.3. The second-order valence-corrected chi connectivity index (χ2v) is 5.85. The molecular formula is C17H15FN4O3. The minimum atomic E-state index is -0.518. The average Bonchev–Trinajstić information content (AvgIpc) is 3.25. The number of ether oxygens (including phenoxy) is 1. The SMILES string of the molecule is O=C(Cc1noc2ccccc12)N1CCC(Oc2ncc(F)cn2)C1. The molecule has 1 aliphatic heterocycles. The number of para-hydroxylation sites is 1. The fourth-order valence-electron chi connectivity index (χ4n) is 2.88. The second-order valence-electron chi connectivity index (χ2n) is 5.85. The number of hydrogen-bond acceptors (Lipinski definition) is 6. The van der Waals surface area contributed by atoms with Crippen molar-refractivity contribution in [2.75, 3.05) is 13.1 Å². The summed E-state index contributed by atoms with van der Waals surface area (Å²) in [5, 5.41) is 4.84. The Morgan fingerprint density at radius 1 is 1.32 bits per heavy atom. The topological polar surface area (TPSA) is 81.4 Å². The fourth-order valence-corrected chi connectivity index (χ4v) is 2.88. The molecule has 1 atom stereocenters. The van der Waals surface area contributed by atoms with Gasteiger partial charge in [0.15, 0.2) is 11.4 Å². The Morgan fingerprint density at radius 3 is 2.96 bits per heavy atom. The molecule has 0 N–H and O–H groups in total. The van der Waals surface area contributed by atoms with Gasteiger partial charge in [-0.15, -0.1) is 0 Å². The molecule has 0 saturated carbocycles. The zero-order chi connectivity index (χ0) is 17.2. The van der Waals surface area contributed by atoms with Crippen LogP contribution >= 0.6 is 0 Å². The van der Waals surface area contributed by atoms with Gasteiger partial charge in [0.25, 0.3) is 0 Å². The maximum Gasteiger partial charge on any atom is 0.316 e. The molecule has 1 fully saturated rings. The largest absolute Gasteiger partial charge is 0.458 e. The van der Waals surface area contributed by atoms with Crippen molar-refractivity contribution in [2.45, 2.75) is 18.9 Å². The van der Waals surface area contributed by atoms with Gasteiger partial charge in [-0.2, -0.15) is 0 Å². The van der Waals surface area contributed by atoms with Gasteiger partial charge in [0.1, 0.15) is 11.8 Å². The number of likely N-dealkylation sites (tertiary alicyclic amines) is 1. The van der Waals surface area contributed by atoms with Crippen LogP contribution < -0.4 is 4.74 Å². The minimum absolute atomic E-state index is 0.0369. The van der Waals surface area contributed by atoms with Crippen molar-refractivity contribution in [3.63, 3.8) is 0 Å². The van der Waals surface area contributed by atoms with Crippen molar-refractivity contribution in [3.8, 4) is 6.01 Å². The molecule has 1 amide bonds. The first-order valence-corrected chi connectivity index (χ1v) is 7.94. The van der Waals surface area contributed by atoms with Gasteiger partial charge in [0.05, 0.1) is 25.4 Å². The first kappa shape index (κ1) is 15.5. The lowest BCUT2D eigenvalue weighted by atomic mass is 10.1. The van der Waals surface area contributed by atoms with Crippen LogP contribution in [-0.2, 0) is 11.2 Å². The Labute approximate surface area is 142 Å². The van der Waals surface area contributed by atoms with Crippen molar-refractivity contribution >= 4 is 16.9 Å². The van der Waals surface area contributed by atoms with Crippen LogP contribution in [0.2, 0.25) is 0 Å². The van der Waals surface area contributed by atoms with Crippen molar-refractivity contribution in [2.24, 2.45) is 0 Å². The van der Waals surface area contributed by atoms with Gasteiger partial charge in [-0.25, -0.2) is 14.4 Å². The van der Waals surface area contributed by atoms with Crippen molar-refractivity contribution in [3.05, 3.63) is 48.2 Å². The third-order valence-electron chi connectivity index (χ3n) is 4.14. The van der Waals surface area contributed by atoms with Crippen molar-refractivity contribution < 1.29 is 18.4 Å². The highest BCUT2D eigenvalue weighted by molar-refractivity contribution is 5.86. The van der Waals surface area contributed by atoms with Gasteiger partial charge in [0.2, 0.25) is 5.91 Å². The number of carbonyl (C=O) groups excluding carboxylic acids is 1. The first-order chi connectivity index (χ1) is 12.2. The summed E-state index contributed by atoms with van der Waals surface area (Å²) in [5.41, 5.74) is 1.30. The maximum atomic E-state index is 12.8. The van der Waals surface area contributed by atoms with Crippen LogP contribution in [0.1, 0.15) is 12.1 Å². The molecule has 2 aromatic heterocycles. The first-order valence-electron chi connectivity index (χ1n) is 7.94. The number of aromatic nitrogens is 3. The fraction of sp³-hybridized carbons (Fsp3) is 0.294. The summed E-state index contributed by atoms with van der Waals surface area (Å²) >= 11 is 0. The molecule has 4 rings (SSSR count). The molecule has 1 aromatic carbocycles. The Bertz CT molecular complexity index is 896. The van der Waals surface area contributed by atoms with Gasteiger partial charge in [-0.05, 0) is 12.1 Å². The number of rotatable bonds is 4. The molecule has 1 saturated heterocycles. The predicted octanol–water partition coefficient (Wildman–Crippen LogP) is 1.98. The number of carbonyl (C=O) groups is 1. The van der Waals surface area contributed by atoms with Crippen molar-refractivity contribution in [1.82, 2.24) is 20.0 Å². The molecule has 128 valence electrons. The lowest BCUT2D eigenvalue weighted by molar-refractivity contribution is -0.129. The minimum Gasteiger partial charge on any atom is -0.458 e. The van der Waals surface area contributed by atoms with Crippen molar-refractivity contribution in [1.29, 1.82) is 0 Å². The van der Waals surface area contributed by atoms with Crippen LogP contribution in [-0.4, -0.2) is 45.1 Å². The van der Waals surface area contributed by atoms with Crippen LogP contribution in [0.15, 0.2) is 41.2 Å². The number of hydrogen-bond donors (Lipinski definition) is 0. The van der Waals surface area contributed by atoms with Gasteiger partial charge < -0.3 is 14.2 Å². The molecule has 25 heavy (non-hydrogen) atoms. The number of fused-ring (bicyclic) bond motifs is 1. The summed E-state index contributed by atoms with van der Waals surface area (Å²) in [6, 6.07) is 7.56. The third kappa shape index (κ3) is 3.28. The van der Waals surface area contributed by atoms with E-state index in [2.05, 4.69) is 15.1 Å². The molecule has 3 heterocycles. The Morgan fingerprint density at radius 2 is 2.12 bits per heavy atom. The predicted molar refractivity (Wildman–Crippen MR) is 85.3 cm³/mol. The highest BCUT2D eigenvalue weighted by atomic mass is 19.1. The van der Waals surface area contributed by atoms with E-state index < -0.39 is 5.82 Å². The van der Waals surface area contributed by atoms with E-state index in [0.717, 1.165) is 17.8 Å². The lowest BCUT2D eigenvalue weighted by Gasteiger charge is -2.16. The van der Waals surface area contributed by atoms with Crippen LogP contribution in [0.3, 0.4) is 0 Å². The van der Waals surface area contributed by atoms with Gasteiger partial charge in [0, 0.05) is 18.4 Å². The maximum absolute atomic E-state index is 12.8. The number of nitrogens with zero attached hydrogens (tertiary/aromatic N) is 4. The molecule has 0 radical (unpaired) electrons.